The van der Waals surface area contributed by atoms with E-state index in [0.717, 1.165) is 31.2 Å². The van der Waals surface area contributed by atoms with Crippen LogP contribution in [0.25, 0.3) is 10.8 Å². The molecule has 1 heterocycles. The Morgan fingerprint density at radius 1 is 1.08 bits per heavy atom. The molecule has 130 valence electrons. The average molecular weight is 336 g/mol. The summed E-state index contributed by atoms with van der Waals surface area (Å²) in [6, 6.07) is 14.4. The van der Waals surface area contributed by atoms with Gasteiger partial charge in [0.1, 0.15) is 0 Å². The third-order valence-corrected chi connectivity index (χ3v) is 5.53. The Hall–Kier alpha value is -2.36. The van der Waals surface area contributed by atoms with Crippen LogP contribution in [0.3, 0.4) is 0 Å². The second-order valence-corrected chi connectivity index (χ2v) is 7.30. The maximum absolute atomic E-state index is 12.4. The van der Waals surface area contributed by atoms with Gasteiger partial charge in [0, 0.05) is 25.4 Å². The number of amides is 2. The normalized spacial score (nSPS) is 21.2. The summed E-state index contributed by atoms with van der Waals surface area (Å²) in [6.07, 6.45) is 4.70. The van der Waals surface area contributed by atoms with E-state index in [4.69, 9.17) is 0 Å². The largest absolute Gasteiger partial charge is 0.351 e. The fourth-order valence-corrected chi connectivity index (χ4v) is 4.16. The van der Waals surface area contributed by atoms with E-state index in [9.17, 15) is 9.59 Å². The molecule has 1 aliphatic heterocycles. The maximum atomic E-state index is 12.4. The second kappa shape index (κ2) is 6.87. The highest BCUT2D eigenvalue weighted by atomic mass is 16.2. The van der Waals surface area contributed by atoms with Crippen molar-refractivity contribution in [2.75, 3.05) is 6.54 Å². The summed E-state index contributed by atoms with van der Waals surface area (Å²) in [5.41, 5.74) is 1.16. The van der Waals surface area contributed by atoms with Crippen LogP contribution in [0.5, 0.6) is 0 Å². The van der Waals surface area contributed by atoms with Crippen molar-refractivity contribution in [1.29, 1.82) is 0 Å². The zero-order chi connectivity index (χ0) is 17.2. The molecule has 2 aliphatic rings. The Balaban J connectivity index is 1.43. The first-order valence-electron chi connectivity index (χ1n) is 9.25. The lowest BCUT2D eigenvalue weighted by Crippen LogP contribution is -2.39. The predicted molar refractivity (Wildman–Crippen MR) is 97.9 cm³/mol. The van der Waals surface area contributed by atoms with Gasteiger partial charge in [0.2, 0.25) is 11.8 Å². The Morgan fingerprint density at radius 2 is 1.84 bits per heavy atom. The molecule has 0 unspecified atom stereocenters. The van der Waals surface area contributed by atoms with E-state index in [1.807, 2.05) is 23.1 Å². The molecule has 25 heavy (non-hydrogen) atoms. The molecule has 1 saturated heterocycles. The van der Waals surface area contributed by atoms with Crippen LogP contribution in [-0.2, 0) is 16.1 Å². The minimum atomic E-state index is -0.0458. The Kier molecular flexibility index (Phi) is 4.43. The van der Waals surface area contributed by atoms with E-state index in [1.165, 1.54) is 10.8 Å². The summed E-state index contributed by atoms with van der Waals surface area (Å²) in [4.78, 5) is 26.6. The molecule has 4 rings (SSSR count). The lowest BCUT2D eigenvalue weighted by atomic mass is 10.0. The summed E-state index contributed by atoms with van der Waals surface area (Å²) in [5.74, 6) is 0.425. The van der Waals surface area contributed by atoms with Crippen molar-refractivity contribution in [2.45, 2.75) is 44.7 Å². The van der Waals surface area contributed by atoms with E-state index in [2.05, 4.69) is 29.6 Å². The molecule has 2 aromatic rings. The van der Waals surface area contributed by atoms with Gasteiger partial charge in [-0.1, -0.05) is 55.3 Å². The zero-order valence-corrected chi connectivity index (χ0v) is 14.4. The van der Waals surface area contributed by atoms with Crippen LogP contribution in [0.2, 0.25) is 0 Å². The first-order valence-corrected chi connectivity index (χ1v) is 9.25. The number of nitrogens with zero attached hydrogens (tertiary/aromatic N) is 1. The van der Waals surface area contributed by atoms with Crippen molar-refractivity contribution in [3.05, 3.63) is 48.0 Å². The number of benzene rings is 2. The van der Waals surface area contributed by atoms with Gasteiger partial charge in [0.15, 0.2) is 0 Å². The highest BCUT2D eigenvalue weighted by Gasteiger charge is 2.32. The molecule has 1 atom stereocenters. The quantitative estimate of drug-likeness (QED) is 0.932. The number of fused-ring (bicyclic) bond motifs is 1. The van der Waals surface area contributed by atoms with E-state index in [0.29, 0.717) is 19.5 Å². The molecule has 1 saturated carbocycles. The number of hydrogen-bond donors (Lipinski definition) is 1. The SMILES string of the molecule is O=C(N[C@@H]1CC(=O)N(Cc2cccc3ccccc23)C1)C1CCCC1. The first-order chi connectivity index (χ1) is 12.2. The van der Waals surface area contributed by atoms with Gasteiger partial charge in [0.25, 0.3) is 0 Å². The van der Waals surface area contributed by atoms with Crippen LogP contribution in [0, 0.1) is 5.92 Å². The molecule has 1 N–H and O–H groups in total. The van der Waals surface area contributed by atoms with Crippen LogP contribution in [0.1, 0.15) is 37.7 Å². The smallest absolute Gasteiger partial charge is 0.225 e. The number of carbonyl (C=O) groups is 2. The predicted octanol–water partition coefficient (Wildman–Crippen LogP) is 3.25. The van der Waals surface area contributed by atoms with Gasteiger partial charge in [-0.25, -0.2) is 0 Å². The van der Waals surface area contributed by atoms with E-state index < -0.39 is 0 Å². The maximum Gasteiger partial charge on any atom is 0.225 e. The minimum absolute atomic E-state index is 0.0458. The second-order valence-electron chi connectivity index (χ2n) is 7.30. The molecule has 0 aromatic heterocycles. The number of nitrogens with one attached hydrogen (secondary N) is 1. The lowest BCUT2D eigenvalue weighted by molar-refractivity contribution is -0.128. The molecule has 4 nitrogen and oxygen atoms in total. The third-order valence-electron chi connectivity index (χ3n) is 5.53. The van der Waals surface area contributed by atoms with Crippen molar-refractivity contribution in [3.8, 4) is 0 Å². The van der Waals surface area contributed by atoms with Crippen LogP contribution in [-0.4, -0.2) is 29.3 Å². The van der Waals surface area contributed by atoms with Crippen LogP contribution >= 0.6 is 0 Å². The van der Waals surface area contributed by atoms with Crippen LogP contribution in [0.15, 0.2) is 42.5 Å². The molecule has 4 heteroatoms. The third kappa shape index (κ3) is 3.39. The van der Waals surface area contributed by atoms with Gasteiger partial charge in [-0.3, -0.25) is 9.59 Å². The molecular formula is C21H24N2O2. The number of hydrogen-bond acceptors (Lipinski definition) is 2. The van der Waals surface area contributed by atoms with Gasteiger partial charge in [0.05, 0.1) is 6.04 Å². The van der Waals surface area contributed by atoms with E-state index in [1.54, 1.807) is 0 Å². The lowest BCUT2D eigenvalue weighted by Gasteiger charge is -2.19. The highest BCUT2D eigenvalue weighted by Crippen LogP contribution is 2.26. The van der Waals surface area contributed by atoms with Crippen molar-refractivity contribution < 1.29 is 9.59 Å². The molecule has 2 fully saturated rings. The Morgan fingerprint density at radius 3 is 2.68 bits per heavy atom. The topological polar surface area (TPSA) is 49.4 Å². The molecule has 2 amide bonds. The molecule has 0 bridgehead atoms. The fourth-order valence-electron chi connectivity index (χ4n) is 4.16. The van der Waals surface area contributed by atoms with Crippen molar-refractivity contribution in [3.63, 3.8) is 0 Å². The molecular weight excluding hydrogens is 312 g/mol. The molecule has 2 aromatic carbocycles. The van der Waals surface area contributed by atoms with Crippen molar-refractivity contribution >= 4 is 22.6 Å². The van der Waals surface area contributed by atoms with Gasteiger partial charge in [-0.15, -0.1) is 0 Å². The Labute approximate surface area is 148 Å². The molecule has 0 radical (unpaired) electrons. The molecule has 1 aliphatic carbocycles. The highest BCUT2D eigenvalue weighted by molar-refractivity contribution is 5.87. The van der Waals surface area contributed by atoms with E-state index in [-0.39, 0.29) is 23.8 Å². The summed E-state index contributed by atoms with van der Waals surface area (Å²) in [6.45, 7) is 1.22. The monoisotopic (exact) mass is 336 g/mol. The first kappa shape index (κ1) is 16.1. The van der Waals surface area contributed by atoms with Crippen LogP contribution < -0.4 is 5.32 Å². The van der Waals surface area contributed by atoms with Gasteiger partial charge in [-0.2, -0.15) is 0 Å². The minimum Gasteiger partial charge on any atom is -0.351 e. The summed E-state index contributed by atoms with van der Waals surface area (Å²) < 4.78 is 0. The van der Waals surface area contributed by atoms with Gasteiger partial charge in [-0.05, 0) is 29.2 Å². The van der Waals surface area contributed by atoms with Gasteiger partial charge < -0.3 is 10.2 Å². The fraction of sp³-hybridized carbons (Fsp3) is 0.429. The zero-order valence-electron chi connectivity index (χ0n) is 14.4. The van der Waals surface area contributed by atoms with Crippen molar-refractivity contribution in [2.24, 2.45) is 5.92 Å². The van der Waals surface area contributed by atoms with E-state index >= 15 is 0 Å². The molecule has 0 spiro atoms. The standard InChI is InChI=1S/C21H24N2O2/c24-20-12-18(22-21(25)16-7-1-2-8-16)14-23(20)13-17-10-5-9-15-6-3-4-11-19(15)17/h3-6,9-11,16,18H,1-2,7-8,12-14H2,(H,22,25)/t18-/m1/s1. The summed E-state index contributed by atoms with van der Waals surface area (Å²) in [7, 11) is 0. The van der Waals surface area contributed by atoms with Crippen LogP contribution in [0.4, 0.5) is 0 Å². The number of rotatable bonds is 4. The summed E-state index contributed by atoms with van der Waals surface area (Å²) in [5, 5.41) is 5.49. The van der Waals surface area contributed by atoms with Crippen molar-refractivity contribution in [1.82, 2.24) is 10.2 Å². The number of likely N-dealkylation sites (tertiary alicyclic amines) is 1. The summed E-state index contributed by atoms with van der Waals surface area (Å²) >= 11 is 0. The average Bonchev–Trinajstić information content (AvgIpc) is 3.26. The Bertz CT molecular complexity index is 790. The number of carbonyl (C=O) groups excluding carboxylic acids is 2. The van der Waals surface area contributed by atoms with Gasteiger partial charge >= 0.3 is 0 Å².